The Kier molecular flexibility index (Phi) is 4.63. The van der Waals surface area contributed by atoms with E-state index in [2.05, 4.69) is 5.10 Å². The molecule has 1 aromatic heterocycles. The first-order valence-corrected chi connectivity index (χ1v) is 6.53. The van der Waals surface area contributed by atoms with Gasteiger partial charge in [-0.25, -0.2) is 0 Å². The summed E-state index contributed by atoms with van der Waals surface area (Å²) in [6.07, 6.45) is 1.71. The molecule has 106 valence electrons. The van der Waals surface area contributed by atoms with Crippen molar-refractivity contribution in [3.63, 3.8) is 0 Å². The molecule has 5 nitrogen and oxygen atoms in total. The Morgan fingerprint density at radius 2 is 2.05 bits per heavy atom. The maximum absolute atomic E-state index is 12.0. The van der Waals surface area contributed by atoms with E-state index in [9.17, 15) is 4.79 Å². The molecule has 0 fully saturated rings. The third-order valence-corrected chi connectivity index (χ3v) is 3.18. The quantitative estimate of drug-likeness (QED) is 0.848. The first kappa shape index (κ1) is 14.4. The molecule has 2 aromatic rings. The van der Waals surface area contributed by atoms with Gasteiger partial charge in [0.15, 0.2) is 6.61 Å². The van der Waals surface area contributed by atoms with Crippen molar-refractivity contribution in [1.29, 1.82) is 0 Å². The molecule has 0 saturated heterocycles. The lowest BCUT2D eigenvalue weighted by Crippen LogP contribution is -2.31. The number of halogens is 1. The average Bonchev–Trinajstić information content (AvgIpc) is 2.83. The molecule has 0 unspecified atom stereocenters. The molecule has 0 aliphatic heterocycles. The van der Waals surface area contributed by atoms with Gasteiger partial charge in [0.05, 0.1) is 12.2 Å². The number of ether oxygens (including phenoxy) is 1. The van der Waals surface area contributed by atoms with E-state index in [0.717, 1.165) is 5.69 Å². The zero-order valence-corrected chi connectivity index (χ0v) is 12.2. The standard InChI is InChI=1S/C14H16ClN3O2/c1-17(9-12-7-8-16-18(12)2)14(19)10-20-13-5-3-11(15)4-6-13/h3-8H,9-10H2,1-2H3. The van der Waals surface area contributed by atoms with Crippen LogP contribution in [0.1, 0.15) is 5.69 Å². The van der Waals surface area contributed by atoms with Crippen LogP contribution in [0.25, 0.3) is 0 Å². The number of amides is 1. The highest BCUT2D eigenvalue weighted by molar-refractivity contribution is 6.30. The van der Waals surface area contributed by atoms with Crippen LogP contribution in [0.15, 0.2) is 36.5 Å². The second-order valence-corrected chi connectivity index (χ2v) is 4.87. The SMILES string of the molecule is CN(Cc1ccnn1C)C(=O)COc1ccc(Cl)cc1. The summed E-state index contributed by atoms with van der Waals surface area (Å²) in [5.74, 6) is 0.526. The van der Waals surface area contributed by atoms with Gasteiger partial charge in [-0.15, -0.1) is 0 Å². The van der Waals surface area contributed by atoms with Crippen molar-refractivity contribution in [3.05, 3.63) is 47.2 Å². The number of hydrogen-bond donors (Lipinski definition) is 0. The molecule has 0 radical (unpaired) electrons. The van der Waals surface area contributed by atoms with Gasteiger partial charge in [-0.05, 0) is 30.3 Å². The van der Waals surface area contributed by atoms with Crippen LogP contribution in [0.3, 0.4) is 0 Å². The highest BCUT2D eigenvalue weighted by Crippen LogP contribution is 2.15. The van der Waals surface area contributed by atoms with E-state index >= 15 is 0 Å². The summed E-state index contributed by atoms with van der Waals surface area (Å²) < 4.78 is 7.16. The van der Waals surface area contributed by atoms with Gasteiger partial charge in [0.2, 0.25) is 0 Å². The van der Waals surface area contributed by atoms with Gasteiger partial charge in [-0.2, -0.15) is 5.10 Å². The minimum Gasteiger partial charge on any atom is -0.484 e. The Hall–Kier alpha value is -2.01. The van der Waals surface area contributed by atoms with Crippen molar-refractivity contribution < 1.29 is 9.53 Å². The van der Waals surface area contributed by atoms with Crippen molar-refractivity contribution in [2.24, 2.45) is 7.05 Å². The fraction of sp³-hybridized carbons (Fsp3) is 0.286. The molecule has 0 aliphatic carbocycles. The Morgan fingerprint density at radius 3 is 2.65 bits per heavy atom. The largest absolute Gasteiger partial charge is 0.484 e. The van der Waals surface area contributed by atoms with Crippen molar-refractivity contribution >= 4 is 17.5 Å². The van der Waals surface area contributed by atoms with Crippen molar-refractivity contribution in [2.75, 3.05) is 13.7 Å². The number of nitrogens with zero attached hydrogens (tertiary/aromatic N) is 3. The number of benzene rings is 1. The van der Waals surface area contributed by atoms with Gasteiger partial charge in [-0.3, -0.25) is 9.48 Å². The number of aromatic nitrogens is 2. The van der Waals surface area contributed by atoms with E-state index in [1.807, 2.05) is 13.1 Å². The van der Waals surface area contributed by atoms with Crippen molar-refractivity contribution in [2.45, 2.75) is 6.54 Å². The van der Waals surface area contributed by atoms with Crippen LogP contribution in [-0.2, 0) is 18.4 Å². The summed E-state index contributed by atoms with van der Waals surface area (Å²) >= 11 is 5.78. The van der Waals surface area contributed by atoms with Gasteiger partial charge in [0, 0.05) is 25.3 Å². The number of likely N-dealkylation sites (N-methyl/N-ethyl adjacent to an activating group) is 1. The number of carbonyl (C=O) groups excluding carboxylic acids is 1. The molecule has 0 N–H and O–H groups in total. The normalized spacial score (nSPS) is 10.3. The minimum absolute atomic E-state index is 0.00398. The molecule has 20 heavy (non-hydrogen) atoms. The van der Waals surface area contributed by atoms with Crippen LogP contribution in [0.4, 0.5) is 0 Å². The molecular formula is C14H16ClN3O2. The van der Waals surface area contributed by atoms with E-state index in [4.69, 9.17) is 16.3 Å². The zero-order chi connectivity index (χ0) is 14.5. The monoisotopic (exact) mass is 293 g/mol. The van der Waals surface area contributed by atoms with Gasteiger partial charge in [0.25, 0.3) is 5.91 Å². The van der Waals surface area contributed by atoms with Crippen LogP contribution in [-0.4, -0.2) is 34.2 Å². The minimum atomic E-state index is -0.0962. The molecule has 0 spiro atoms. The summed E-state index contributed by atoms with van der Waals surface area (Å²) in [5, 5.41) is 4.70. The molecule has 2 rings (SSSR count). The first-order valence-electron chi connectivity index (χ1n) is 6.15. The van der Waals surface area contributed by atoms with E-state index in [1.165, 1.54) is 0 Å². The highest BCUT2D eigenvalue weighted by Gasteiger charge is 2.11. The van der Waals surface area contributed by atoms with Gasteiger partial charge >= 0.3 is 0 Å². The summed E-state index contributed by atoms with van der Waals surface area (Å²) in [5.41, 5.74) is 0.965. The van der Waals surface area contributed by atoms with Gasteiger partial charge in [-0.1, -0.05) is 11.6 Å². The first-order chi connectivity index (χ1) is 9.56. The maximum atomic E-state index is 12.0. The van der Waals surface area contributed by atoms with Crippen LogP contribution in [0.5, 0.6) is 5.75 Å². The van der Waals surface area contributed by atoms with E-state index < -0.39 is 0 Å². The topological polar surface area (TPSA) is 47.4 Å². The number of rotatable bonds is 5. The average molecular weight is 294 g/mol. The number of aryl methyl sites for hydroxylation is 1. The zero-order valence-electron chi connectivity index (χ0n) is 11.4. The predicted molar refractivity (Wildman–Crippen MR) is 76.6 cm³/mol. The summed E-state index contributed by atoms with van der Waals surface area (Å²) in [4.78, 5) is 13.6. The number of hydrogen-bond acceptors (Lipinski definition) is 3. The van der Waals surface area contributed by atoms with Crippen LogP contribution < -0.4 is 4.74 Å². The van der Waals surface area contributed by atoms with Crippen LogP contribution >= 0.6 is 11.6 Å². The maximum Gasteiger partial charge on any atom is 0.260 e. The summed E-state index contributed by atoms with van der Waals surface area (Å²) in [6, 6.07) is 8.79. The molecule has 6 heteroatoms. The highest BCUT2D eigenvalue weighted by atomic mass is 35.5. The van der Waals surface area contributed by atoms with Crippen LogP contribution in [0.2, 0.25) is 5.02 Å². The Morgan fingerprint density at radius 1 is 1.35 bits per heavy atom. The second-order valence-electron chi connectivity index (χ2n) is 4.44. The third-order valence-electron chi connectivity index (χ3n) is 2.92. The van der Waals surface area contributed by atoms with Crippen molar-refractivity contribution in [1.82, 2.24) is 14.7 Å². The summed E-state index contributed by atoms with van der Waals surface area (Å²) in [6.45, 7) is 0.495. The Bertz CT molecular complexity index is 580. The second kappa shape index (κ2) is 6.43. The molecule has 1 heterocycles. The fourth-order valence-electron chi connectivity index (χ4n) is 1.67. The Balaban J connectivity index is 1.85. The lowest BCUT2D eigenvalue weighted by atomic mass is 10.3. The predicted octanol–water partition coefficient (Wildman–Crippen LogP) is 2.11. The molecular weight excluding hydrogens is 278 g/mol. The summed E-state index contributed by atoms with van der Waals surface area (Å²) in [7, 11) is 3.58. The molecule has 0 atom stereocenters. The number of carbonyl (C=O) groups is 1. The molecule has 1 amide bonds. The Labute approximate surface area is 122 Å². The van der Waals surface area contributed by atoms with E-state index in [-0.39, 0.29) is 12.5 Å². The van der Waals surface area contributed by atoms with E-state index in [0.29, 0.717) is 17.3 Å². The lowest BCUT2D eigenvalue weighted by Gasteiger charge is -2.17. The van der Waals surface area contributed by atoms with Gasteiger partial charge < -0.3 is 9.64 Å². The van der Waals surface area contributed by atoms with E-state index in [1.54, 1.807) is 47.1 Å². The lowest BCUT2D eigenvalue weighted by molar-refractivity contribution is -0.132. The van der Waals surface area contributed by atoms with Gasteiger partial charge in [0.1, 0.15) is 5.75 Å². The smallest absolute Gasteiger partial charge is 0.260 e. The molecule has 1 aromatic carbocycles. The molecule has 0 bridgehead atoms. The fourth-order valence-corrected chi connectivity index (χ4v) is 1.80. The molecule has 0 saturated carbocycles. The van der Waals surface area contributed by atoms with Crippen molar-refractivity contribution in [3.8, 4) is 5.75 Å². The van der Waals surface area contributed by atoms with Crippen LogP contribution in [0, 0.1) is 0 Å². The molecule has 0 aliphatic rings. The third kappa shape index (κ3) is 3.74.